The molecule has 0 aromatic heterocycles. The van der Waals surface area contributed by atoms with Crippen molar-refractivity contribution in [2.45, 2.75) is 43.7 Å². The number of halogens is 3. The smallest absolute Gasteiger partial charge is 0.313 e. The van der Waals surface area contributed by atoms with Crippen LogP contribution in [0.5, 0.6) is 0 Å². The highest BCUT2D eigenvalue weighted by Gasteiger charge is 2.38. The normalized spacial score (nSPS) is 23.5. The molecular weight excluding hydrogens is 293 g/mol. The van der Waals surface area contributed by atoms with Gasteiger partial charge in [0.15, 0.2) is 0 Å². The summed E-state index contributed by atoms with van der Waals surface area (Å²) in [5, 5.41) is 2.51. The highest BCUT2D eigenvalue weighted by atomic mass is 32.2. The van der Waals surface area contributed by atoms with Crippen molar-refractivity contribution in [3.05, 3.63) is 11.6 Å². The average molecular weight is 312 g/mol. The highest BCUT2D eigenvalue weighted by Crippen LogP contribution is 2.31. The zero-order valence-corrected chi connectivity index (χ0v) is 12.1. The van der Waals surface area contributed by atoms with Gasteiger partial charge in [0, 0.05) is 31.2 Å². The van der Waals surface area contributed by atoms with Crippen LogP contribution in [-0.2, 0) is 10.0 Å². The van der Waals surface area contributed by atoms with Crippen LogP contribution in [0.2, 0.25) is 0 Å². The van der Waals surface area contributed by atoms with Crippen LogP contribution in [0.15, 0.2) is 11.6 Å². The summed E-state index contributed by atoms with van der Waals surface area (Å²) in [7, 11) is -3.54. The molecule has 0 aromatic rings. The maximum absolute atomic E-state index is 12.5. The second-order valence-electron chi connectivity index (χ2n) is 5.37. The van der Waals surface area contributed by atoms with E-state index in [1.807, 2.05) is 0 Å². The molecule has 2 aliphatic rings. The molecule has 0 saturated heterocycles. The van der Waals surface area contributed by atoms with Crippen molar-refractivity contribution < 1.29 is 21.6 Å². The van der Waals surface area contributed by atoms with Crippen LogP contribution in [0.1, 0.15) is 26.2 Å². The van der Waals surface area contributed by atoms with Gasteiger partial charge in [-0.1, -0.05) is 6.08 Å². The third kappa shape index (κ3) is 3.73. The fraction of sp³-hybridized carbons (Fsp3) is 0.833. The minimum absolute atomic E-state index is 0.0958. The lowest BCUT2D eigenvalue weighted by molar-refractivity contribution is -0.0953. The Bertz CT molecular complexity index is 483. The molecule has 1 N–H and O–H groups in total. The van der Waals surface area contributed by atoms with E-state index < -0.39 is 27.0 Å². The van der Waals surface area contributed by atoms with Crippen LogP contribution in [0, 0.1) is 0 Å². The third-order valence-corrected chi connectivity index (χ3v) is 5.91. The van der Waals surface area contributed by atoms with Gasteiger partial charge in [-0.05, 0) is 26.2 Å². The van der Waals surface area contributed by atoms with Gasteiger partial charge in [0.25, 0.3) is 0 Å². The number of rotatable bonds is 5. The maximum Gasteiger partial charge on any atom is 0.412 e. The molecule has 2 rings (SSSR count). The van der Waals surface area contributed by atoms with Crippen molar-refractivity contribution >= 4 is 10.0 Å². The van der Waals surface area contributed by atoms with Gasteiger partial charge >= 0.3 is 6.18 Å². The molecule has 1 aliphatic heterocycles. The van der Waals surface area contributed by atoms with E-state index in [9.17, 15) is 21.6 Å². The predicted octanol–water partition coefficient (Wildman–Crippen LogP) is 1.65. The Labute approximate surface area is 117 Å². The molecule has 1 aliphatic carbocycles. The number of nitrogens with zero attached hydrogens (tertiary/aromatic N) is 1. The molecule has 4 nitrogen and oxygen atoms in total. The minimum Gasteiger partial charge on any atom is -0.313 e. The first kappa shape index (κ1) is 15.8. The van der Waals surface area contributed by atoms with Crippen molar-refractivity contribution in [2.75, 3.05) is 19.6 Å². The molecule has 0 aromatic carbocycles. The number of hydrogen-bond donors (Lipinski definition) is 1. The van der Waals surface area contributed by atoms with Crippen molar-refractivity contribution in [2.24, 2.45) is 0 Å². The van der Waals surface area contributed by atoms with Crippen LogP contribution >= 0.6 is 0 Å². The zero-order chi connectivity index (χ0) is 15.0. The Morgan fingerprint density at radius 1 is 1.45 bits per heavy atom. The van der Waals surface area contributed by atoms with E-state index in [2.05, 4.69) is 5.32 Å². The van der Waals surface area contributed by atoms with E-state index in [1.54, 1.807) is 6.92 Å². The van der Waals surface area contributed by atoms with E-state index in [-0.39, 0.29) is 19.5 Å². The fourth-order valence-corrected chi connectivity index (χ4v) is 3.56. The van der Waals surface area contributed by atoms with E-state index in [1.165, 1.54) is 0 Å². The Morgan fingerprint density at radius 3 is 2.55 bits per heavy atom. The van der Waals surface area contributed by atoms with Gasteiger partial charge < -0.3 is 5.32 Å². The summed E-state index contributed by atoms with van der Waals surface area (Å²) in [5.41, 5.74) is -0.632. The average Bonchev–Trinajstić information content (AvgIpc) is 3.19. The molecule has 1 atom stereocenters. The molecule has 1 saturated carbocycles. The second kappa shape index (κ2) is 5.65. The van der Waals surface area contributed by atoms with E-state index in [0.29, 0.717) is 12.6 Å². The molecule has 20 heavy (non-hydrogen) atoms. The van der Waals surface area contributed by atoms with Crippen LogP contribution in [0.4, 0.5) is 13.2 Å². The molecule has 1 fully saturated rings. The van der Waals surface area contributed by atoms with Gasteiger partial charge in [-0.25, -0.2) is 8.42 Å². The lowest BCUT2D eigenvalue weighted by Gasteiger charge is -2.29. The molecule has 8 heteroatoms. The number of hydrogen-bond acceptors (Lipinski definition) is 3. The fourth-order valence-electron chi connectivity index (χ4n) is 2.12. The lowest BCUT2D eigenvalue weighted by Crippen LogP contribution is -2.44. The SMILES string of the molecule is CC(CNC1CC1)S(=O)(=O)N1CC=C(C(F)(F)F)CC1. The summed E-state index contributed by atoms with van der Waals surface area (Å²) in [6.45, 7) is 1.65. The number of sulfonamides is 1. The summed E-state index contributed by atoms with van der Waals surface area (Å²) in [6, 6.07) is 0.408. The minimum atomic E-state index is -4.35. The van der Waals surface area contributed by atoms with E-state index in [0.717, 1.165) is 23.2 Å². The summed E-state index contributed by atoms with van der Waals surface area (Å²) < 4.78 is 63.1. The van der Waals surface area contributed by atoms with Crippen molar-refractivity contribution in [3.63, 3.8) is 0 Å². The van der Waals surface area contributed by atoms with Crippen LogP contribution < -0.4 is 5.32 Å². The zero-order valence-electron chi connectivity index (χ0n) is 11.3. The second-order valence-corrected chi connectivity index (χ2v) is 7.72. The number of alkyl halides is 3. The maximum atomic E-state index is 12.5. The van der Waals surface area contributed by atoms with Crippen molar-refractivity contribution in [1.82, 2.24) is 9.62 Å². The van der Waals surface area contributed by atoms with Gasteiger partial charge in [0.1, 0.15) is 0 Å². The molecule has 0 radical (unpaired) electrons. The Balaban J connectivity index is 1.95. The molecule has 1 heterocycles. The van der Waals surface area contributed by atoms with Gasteiger partial charge in [-0.2, -0.15) is 17.5 Å². The standard InChI is InChI=1S/C12H19F3N2O2S/c1-9(8-16-11-2-3-11)20(18,19)17-6-4-10(5-7-17)12(13,14)15/h4,9,11,16H,2-3,5-8H2,1H3. The van der Waals surface area contributed by atoms with E-state index in [4.69, 9.17) is 0 Å². The summed E-state index contributed by atoms with van der Waals surface area (Å²) in [6.07, 6.45) is -1.52. The summed E-state index contributed by atoms with van der Waals surface area (Å²) >= 11 is 0. The van der Waals surface area contributed by atoms with Gasteiger partial charge in [0.2, 0.25) is 10.0 Å². The Hall–Kier alpha value is -0.600. The molecular formula is C12H19F3N2O2S. The molecule has 116 valence electrons. The molecule has 0 amide bonds. The Kier molecular flexibility index (Phi) is 4.46. The first-order valence-corrected chi connectivity index (χ1v) is 8.20. The molecule has 0 bridgehead atoms. The first-order chi connectivity index (χ1) is 9.21. The molecule has 0 spiro atoms. The van der Waals surface area contributed by atoms with Gasteiger partial charge in [-0.15, -0.1) is 0 Å². The summed E-state index contributed by atoms with van der Waals surface area (Å²) in [4.78, 5) is 0. The summed E-state index contributed by atoms with van der Waals surface area (Å²) in [5.74, 6) is 0. The molecule has 1 unspecified atom stereocenters. The van der Waals surface area contributed by atoms with Crippen molar-refractivity contribution in [1.29, 1.82) is 0 Å². The quantitative estimate of drug-likeness (QED) is 0.785. The van der Waals surface area contributed by atoms with Crippen LogP contribution in [0.3, 0.4) is 0 Å². The van der Waals surface area contributed by atoms with Crippen molar-refractivity contribution in [3.8, 4) is 0 Å². The third-order valence-electron chi connectivity index (χ3n) is 3.68. The monoisotopic (exact) mass is 312 g/mol. The van der Waals surface area contributed by atoms with Gasteiger partial charge in [0.05, 0.1) is 5.25 Å². The number of nitrogens with one attached hydrogen (secondary N) is 1. The first-order valence-electron chi connectivity index (χ1n) is 6.70. The van der Waals surface area contributed by atoms with Crippen LogP contribution in [0.25, 0.3) is 0 Å². The topological polar surface area (TPSA) is 49.4 Å². The van der Waals surface area contributed by atoms with Gasteiger partial charge in [-0.3, -0.25) is 0 Å². The van der Waals surface area contributed by atoms with E-state index >= 15 is 0 Å². The largest absolute Gasteiger partial charge is 0.412 e. The predicted molar refractivity (Wildman–Crippen MR) is 69.7 cm³/mol. The lowest BCUT2D eigenvalue weighted by atomic mass is 10.1. The Morgan fingerprint density at radius 2 is 2.10 bits per heavy atom. The van der Waals surface area contributed by atoms with Crippen LogP contribution in [-0.4, -0.2) is 49.8 Å². The highest BCUT2D eigenvalue weighted by molar-refractivity contribution is 7.89.